The van der Waals surface area contributed by atoms with Gasteiger partial charge in [-0.25, -0.2) is 9.59 Å². The van der Waals surface area contributed by atoms with Gasteiger partial charge in [0.25, 0.3) is 0 Å². The van der Waals surface area contributed by atoms with Crippen LogP contribution in [0.2, 0.25) is 0 Å². The largest absolute Gasteiger partial charge is 0.479 e. The number of carbonyl (C=O) groups excluding carboxylic acids is 1. The summed E-state index contributed by atoms with van der Waals surface area (Å²) in [4.78, 5) is 26.4. The van der Waals surface area contributed by atoms with Crippen LogP contribution in [-0.2, 0) is 14.3 Å². The number of hydrogen-bond acceptors (Lipinski definition) is 4. The van der Waals surface area contributed by atoms with Gasteiger partial charge in [0, 0.05) is 19.6 Å². The maximum atomic E-state index is 13.2. The summed E-state index contributed by atoms with van der Waals surface area (Å²) in [5.41, 5.74) is 6.21. The number of carbonyl (C=O) groups is 2. The zero-order valence-corrected chi connectivity index (χ0v) is 19.0. The van der Waals surface area contributed by atoms with Crippen LogP contribution in [0.5, 0.6) is 0 Å². The highest BCUT2D eigenvalue weighted by Gasteiger charge is 2.34. The van der Waals surface area contributed by atoms with Gasteiger partial charge >= 0.3 is 12.1 Å². The Bertz CT molecular complexity index is 1180. The molecule has 6 nitrogen and oxygen atoms in total. The van der Waals surface area contributed by atoms with Crippen molar-refractivity contribution in [1.82, 2.24) is 4.90 Å². The van der Waals surface area contributed by atoms with Gasteiger partial charge in [-0.1, -0.05) is 72.8 Å². The van der Waals surface area contributed by atoms with E-state index in [-0.39, 0.29) is 24.7 Å². The summed E-state index contributed by atoms with van der Waals surface area (Å²) in [6, 6.07) is 23.7. The van der Waals surface area contributed by atoms with E-state index in [0.717, 1.165) is 18.4 Å². The first-order valence-electron chi connectivity index (χ1n) is 11.6. The van der Waals surface area contributed by atoms with Gasteiger partial charge in [-0.05, 0) is 46.2 Å². The summed E-state index contributed by atoms with van der Waals surface area (Å²) in [5, 5.41) is 9.43. The fourth-order valence-electron chi connectivity index (χ4n) is 5.32. The van der Waals surface area contributed by atoms with Gasteiger partial charge in [-0.2, -0.15) is 0 Å². The third-order valence-corrected chi connectivity index (χ3v) is 6.88. The van der Waals surface area contributed by atoms with Crippen LogP contribution in [0.4, 0.5) is 4.79 Å². The van der Waals surface area contributed by atoms with Crippen molar-refractivity contribution < 1.29 is 24.2 Å². The van der Waals surface area contributed by atoms with Crippen LogP contribution >= 0.6 is 0 Å². The number of carboxylic acids is 1. The first kappa shape index (κ1) is 22.2. The van der Waals surface area contributed by atoms with Gasteiger partial charge in [0.2, 0.25) is 0 Å². The Morgan fingerprint density at radius 2 is 1.68 bits per heavy atom. The van der Waals surface area contributed by atoms with Crippen molar-refractivity contribution >= 4 is 12.1 Å². The van der Waals surface area contributed by atoms with Gasteiger partial charge < -0.3 is 19.5 Å². The Morgan fingerprint density at radius 3 is 2.32 bits per heavy atom. The molecule has 0 aromatic heterocycles. The van der Waals surface area contributed by atoms with Crippen molar-refractivity contribution in [2.45, 2.75) is 30.9 Å². The number of benzene rings is 3. The monoisotopic (exact) mass is 457 g/mol. The third kappa shape index (κ3) is 3.94. The summed E-state index contributed by atoms with van der Waals surface area (Å²) >= 11 is 0. The molecule has 0 radical (unpaired) electrons. The van der Waals surface area contributed by atoms with Gasteiger partial charge in [-0.3, -0.25) is 0 Å². The van der Waals surface area contributed by atoms with E-state index in [1.807, 2.05) is 42.5 Å². The zero-order valence-electron chi connectivity index (χ0n) is 19.0. The zero-order chi connectivity index (χ0) is 23.7. The highest BCUT2D eigenvalue weighted by atomic mass is 16.6. The van der Waals surface area contributed by atoms with Gasteiger partial charge in [0.15, 0.2) is 6.10 Å². The Hall–Kier alpha value is -3.64. The molecule has 1 fully saturated rings. The molecular weight excluding hydrogens is 430 g/mol. The second-order valence-electron chi connectivity index (χ2n) is 8.78. The molecule has 0 bridgehead atoms. The maximum Gasteiger partial charge on any atom is 0.410 e. The highest BCUT2D eigenvalue weighted by Crippen LogP contribution is 2.44. The van der Waals surface area contributed by atoms with E-state index in [2.05, 4.69) is 24.3 Å². The first-order valence-corrected chi connectivity index (χ1v) is 11.6. The second kappa shape index (κ2) is 9.31. The molecule has 1 amide bonds. The Morgan fingerprint density at radius 1 is 1.00 bits per heavy atom. The standard InChI is InChI=1S/C28H27NO5/c1-33-26(27(30)31)19-9-6-8-18(16-19)25-14-7-15-29(25)28(32)34-17-24-22-12-4-2-10-20(22)21-11-3-5-13-23(21)24/h2-6,8-13,16,24-26H,7,14-15,17H2,1H3,(H,30,31)/t25?,26-/m0/s1. The third-order valence-electron chi connectivity index (χ3n) is 6.88. The molecule has 1 aliphatic heterocycles. The van der Waals surface area contributed by atoms with Crippen LogP contribution in [0.15, 0.2) is 72.8 Å². The fraction of sp³-hybridized carbons (Fsp3) is 0.286. The predicted molar refractivity (Wildman–Crippen MR) is 128 cm³/mol. The lowest BCUT2D eigenvalue weighted by Gasteiger charge is -2.26. The average molecular weight is 458 g/mol. The van der Waals surface area contributed by atoms with Crippen molar-refractivity contribution in [1.29, 1.82) is 0 Å². The van der Waals surface area contributed by atoms with E-state index in [9.17, 15) is 14.7 Å². The van der Waals surface area contributed by atoms with Crippen LogP contribution in [0.25, 0.3) is 11.1 Å². The van der Waals surface area contributed by atoms with E-state index >= 15 is 0 Å². The Kier molecular flexibility index (Phi) is 6.07. The second-order valence-corrected chi connectivity index (χ2v) is 8.78. The summed E-state index contributed by atoms with van der Waals surface area (Å²) in [7, 11) is 1.38. The quantitative estimate of drug-likeness (QED) is 0.526. The van der Waals surface area contributed by atoms with Crippen molar-refractivity contribution in [3.63, 3.8) is 0 Å². The maximum absolute atomic E-state index is 13.2. The number of amides is 1. The van der Waals surface area contributed by atoms with E-state index in [1.165, 1.54) is 29.4 Å². The summed E-state index contributed by atoms with van der Waals surface area (Å²) in [5.74, 6) is -1.03. The summed E-state index contributed by atoms with van der Waals surface area (Å²) in [6.07, 6.45) is 0.296. The number of hydrogen-bond donors (Lipinski definition) is 1. The lowest BCUT2D eigenvalue weighted by Crippen LogP contribution is -2.32. The number of aliphatic carboxylic acids is 1. The smallest absolute Gasteiger partial charge is 0.410 e. The molecule has 34 heavy (non-hydrogen) atoms. The molecule has 1 heterocycles. The Labute approximate surface area is 198 Å². The van der Waals surface area contributed by atoms with Crippen molar-refractivity contribution in [2.24, 2.45) is 0 Å². The normalized spacial score (nSPS) is 17.8. The number of fused-ring (bicyclic) bond motifs is 3. The number of rotatable bonds is 6. The molecule has 3 aromatic carbocycles. The van der Waals surface area contributed by atoms with E-state index in [0.29, 0.717) is 12.1 Å². The van der Waals surface area contributed by atoms with Crippen molar-refractivity contribution in [2.75, 3.05) is 20.3 Å². The van der Waals surface area contributed by atoms with Crippen LogP contribution in [0, 0.1) is 0 Å². The minimum atomic E-state index is -1.04. The lowest BCUT2D eigenvalue weighted by atomic mass is 9.98. The molecule has 174 valence electrons. The molecule has 2 aliphatic rings. The minimum Gasteiger partial charge on any atom is -0.479 e. The molecule has 0 spiro atoms. The molecule has 2 atom stereocenters. The molecule has 3 aromatic rings. The van der Waals surface area contributed by atoms with Crippen LogP contribution in [0.1, 0.15) is 53.2 Å². The number of carboxylic acid groups (broad SMARTS) is 1. The molecule has 1 aliphatic carbocycles. The lowest BCUT2D eigenvalue weighted by molar-refractivity contribution is -0.148. The summed E-state index contributed by atoms with van der Waals surface area (Å²) in [6.45, 7) is 0.888. The summed E-state index contributed by atoms with van der Waals surface area (Å²) < 4.78 is 11.0. The predicted octanol–water partition coefficient (Wildman–Crippen LogP) is 5.54. The number of methoxy groups -OCH3 is 1. The van der Waals surface area contributed by atoms with Gasteiger partial charge in [0.1, 0.15) is 6.61 Å². The molecule has 6 heteroatoms. The van der Waals surface area contributed by atoms with Crippen LogP contribution in [-0.4, -0.2) is 42.3 Å². The number of nitrogens with zero attached hydrogens (tertiary/aromatic N) is 1. The molecule has 1 saturated heterocycles. The molecule has 1 unspecified atom stereocenters. The van der Waals surface area contributed by atoms with Crippen molar-refractivity contribution in [3.8, 4) is 11.1 Å². The van der Waals surface area contributed by atoms with E-state index < -0.39 is 12.1 Å². The molecule has 0 saturated carbocycles. The Balaban J connectivity index is 1.33. The van der Waals surface area contributed by atoms with Crippen LogP contribution in [0.3, 0.4) is 0 Å². The molecular formula is C28H27NO5. The average Bonchev–Trinajstić information content (AvgIpc) is 3.47. The topological polar surface area (TPSA) is 76.1 Å². The highest BCUT2D eigenvalue weighted by molar-refractivity contribution is 5.79. The van der Waals surface area contributed by atoms with Gasteiger partial charge in [0.05, 0.1) is 6.04 Å². The van der Waals surface area contributed by atoms with E-state index in [1.54, 1.807) is 11.0 Å². The molecule has 5 rings (SSSR count). The van der Waals surface area contributed by atoms with Crippen molar-refractivity contribution in [3.05, 3.63) is 95.1 Å². The number of likely N-dealkylation sites (tertiary alicyclic amines) is 1. The van der Waals surface area contributed by atoms with Gasteiger partial charge in [-0.15, -0.1) is 0 Å². The minimum absolute atomic E-state index is 0.0127. The molecule has 1 N–H and O–H groups in total. The van der Waals surface area contributed by atoms with E-state index in [4.69, 9.17) is 9.47 Å². The number of ether oxygens (including phenoxy) is 2. The fourth-order valence-corrected chi connectivity index (χ4v) is 5.32. The van der Waals surface area contributed by atoms with Crippen LogP contribution < -0.4 is 0 Å². The first-order chi connectivity index (χ1) is 16.6. The SMILES string of the molecule is CO[C@H](C(=O)O)c1cccc(C2CCCN2C(=O)OCC2c3ccccc3-c3ccccc32)c1.